The minimum absolute atomic E-state index is 0.0445. The Balaban J connectivity index is 1.46. The Morgan fingerprint density at radius 1 is 1.27 bits per heavy atom. The van der Waals surface area contributed by atoms with Crippen molar-refractivity contribution in [1.29, 1.82) is 0 Å². The first-order valence-corrected chi connectivity index (χ1v) is 11.5. The summed E-state index contributed by atoms with van der Waals surface area (Å²) in [5.41, 5.74) is 1.05. The zero-order valence-corrected chi connectivity index (χ0v) is 17.0. The van der Waals surface area contributed by atoms with Crippen LogP contribution in [0, 0.1) is 0 Å². The molecule has 8 heteroatoms. The predicted octanol–water partition coefficient (Wildman–Crippen LogP) is 4.80. The molecule has 2 heterocycles. The van der Waals surface area contributed by atoms with E-state index in [4.69, 9.17) is 0 Å². The number of rotatable bonds is 6. The van der Waals surface area contributed by atoms with Gasteiger partial charge in [-0.1, -0.05) is 42.1 Å². The Morgan fingerprint density at radius 3 is 2.96 bits per heavy atom. The highest BCUT2D eigenvalue weighted by molar-refractivity contribution is 8.00. The molecule has 0 N–H and O–H groups in total. The summed E-state index contributed by atoms with van der Waals surface area (Å²) in [6.45, 7) is 2.91. The Labute approximate surface area is 165 Å². The van der Waals surface area contributed by atoms with Gasteiger partial charge in [0, 0.05) is 13.0 Å². The Morgan fingerprint density at radius 2 is 2.15 bits per heavy atom. The minimum Gasteiger partial charge on any atom is -0.306 e. The molecule has 2 aromatic heterocycles. The molecule has 1 aliphatic rings. The summed E-state index contributed by atoms with van der Waals surface area (Å²) in [7, 11) is 0. The standard InChI is InChI=1S/C18H20N4OS3/c1-2-22-16(11-24-18-19-12-7-3-5-9-14(12)26-18)20-21-17(22)25-15-10-6-4-8-13(15)23/h3,5,7,9,15H,2,4,6,8,10-11H2,1H3. The highest BCUT2D eigenvalue weighted by Crippen LogP contribution is 2.33. The van der Waals surface area contributed by atoms with Gasteiger partial charge in [-0.2, -0.15) is 0 Å². The second-order valence-corrected chi connectivity index (χ2v) is 9.62. The normalized spacial score (nSPS) is 17.9. The molecule has 0 radical (unpaired) electrons. The molecular weight excluding hydrogens is 384 g/mol. The van der Waals surface area contributed by atoms with E-state index in [-0.39, 0.29) is 5.25 Å². The summed E-state index contributed by atoms with van der Waals surface area (Å²) in [4.78, 5) is 16.8. The fourth-order valence-electron chi connectivity index (χ4n) is 3.07. The quantitative estimate of drug-likeness (QED) is 0.550. The molecule has 1 atom stereocenters. The van der Waals surface area contributed by atoms with Crippen molar-refractivity contribution in [2.75, 3.05) is 0 Å². The number of para-hydroxylation sites is 1. The second kappa shape index (κ2) is 8.10. The topological polar surface area (TPSA) is 60.7 Å². The van der Waals surface area contributed by atoms with Gasteiger partial charge in [-0.25, -0.2) is 4.98 Å². The van der Waals surface area contributed by atoms with E-state index in [1.54, 1.807) is 34.9 Å². The number of hydrogen-bond acceptors (Lipinski definition) is 7. The van der Waals surface area contributed by atoms with Crippen molar-refractivity contribution in [3.05, 3.63) is 30.1 Å². The Hall–Kier alpha value is -1.38. The van der Waals surface area contributed by atoms with Crippen molar-refractivity contribution in [2.45, 2.75) is 59.7 Å². The van der Waals surface area contributed by atoms with Crippen LogP contribution in [0.4, 0.5) is 0 Å². The SMILES string of the molecule is CCn1c(CSc2nc3ccccc3s2)nnc1SC1CCCCC1=O. The molecule has 1 unspecified atom stereocenters. The average Bonchev–Trinajstić information content (AvgIpc) is 3.24. The van der Waals surface area contributed by atoms with Crippen LogP contribution in [0.25, 0.3) is 10.2 Å². The molecule has 1 aliphatic carbocycles. The van der Waals surface area contributed by atoms with Crippen LogP contribution in [0.3, 0.4) is 0 Å². The summed E-state index contributed by atoms with van der Waals surface area (Å²) < 4.78 is 4.39. The van der Waals surface area contributed by atoms with Crippen molar-refractivity contribution in [2.24, 2.45) is 0 Å². The lowest BCUT2D eigenvalue weighted by molar-refractivity contribution is -0.119. The van der Waals surface area contributed by atoms with Crippen molar-refractivity contribution >= 4 is 50.9 Å². The molecule has 3 aromatic rings. The molecule has 1 saturated carbocycles. The third-order valence-corrected chi connectivity index (χ3v) is 7.93. The fourth-order valence-corrected chi connectivity index (χ4v) is 6.32. The highest BCUT2D eigenvalue weighted by atomic mass is 32.2. The van der Waals surface area contributed by atoms with E-state index in [1.807, 2.05) is 18.2 Å². The summed E-state index contributed by atoms with van der Waals surface area (Å²) in [5.74, 6) is 2.04. The van der Waals surface area contributed by atoms with Gasteiger partial charge in [-0.3, -0.25) is 4.79 Å². The van der Waals surface area contributed by atoms with E-state index in [9.17, 15) is 4.79 Å². The van der Waals surface area contributed by atoms with Crippen molar-refractivity contribution in [3.8, 4) is 0 Å². The first-order chi connectivity index (χ1) is 12.7. The third kappa shape index (κ3) is 3.82. The second-order valence-electron chi connectivity index (χ2n) is 6.20. The Kier molecular flexibility index (Phi) is 5.61. The number of nitrogens with zero attached hydrogens (tertiary/aromatic N) is 4. The van der Waals surface area contributed by atoms with Crippen LogP contribution in [0.15, 0.2) is 33.8 Å². The van der Waals surface area contributed by atoms with E-state index >= 15 is 0 Å². The van der Waals surface area contributed by atoms with Crippen LogP contribution < -0.4 is 0 Å². The van der Waals surface area contributed by atoms with Gasteiger partial charge in [0.1, 0.15) is 11.6 Å². The largest absolute Gasteiger partial charge is 0.306 e. The maximum absolute atomic E-state index is 12.1. The van der Waals surface area contributed by atoms with E-state index in [0.717, 1.165) is 52.4 Å². The molecule has 5 nitrogen and oxygen atoms in total. The van der Waals surface area contributed by atoms with Crippen molar-refractivity contribution in [3.63, 3.8) is 0 Å². The lowest BCUT2D eigenvalue weighted by atomic mass is 9.99. The predicted molar refractivity (Wildman–Crippen MR) is 108 cm³/mol. The Bertz CT molecular complexity index is 887. The maximum Gasteiger partial charge on any atom is 0.191 e. The highest BCUT2D eigenvalue weighted by Gasteiger charge is 2.26. The minimum atomic E-state index is 0.0445. The fraction of sp³-hybridized carbons (Fsp3) is 0.444. The molecule has 1 aromatic carbocycles. The van der Waals surface area contributed by atoms with E-state index in [1.165, 1.54) is 4.70 Å². The molecular formula is C18H20N4OS3. The molecule has 0 aliphatic heterocycles. The first-order valence-electron chi connectivity index (χ1n) is 8.84. The zero-order chi connectivity index (χ0) is 17.9. The van der Waals surface area contributed by atoms with Gasteiger partial charge >= 0.3 is 0 Å². The van der Waals surface area contributed by atoms with Crippen LogP contribution in [-0.2, 0) is 17.1 Å². The molecule has 0 amide bonds. The number of Topliss-reactive ketones (excluding diaryl/α,β-unsaturated/α-hetero) is 1. The molecule has 1 fully saturated rings. The van der Waals surface area contributed by atoms with Crippen LogP contribution in [0.1, 0.15) is 38.4 Å². The smallest absolute Gasteiger partial charge is 0.191 e. The number of aromatic nitrogens is 4. The van der Waals surface area contributed by atoms with Gasteiger partial charge in [0.2, 0.25) is 0 Å². The number of thioether (sulfide) groups is 2. The number of benzene rings is 1. The number of ketones is 1. The number of thiazole rings is 1. The molecule has 136 valence electrons. The van der Waals surface area contributed by atoms with Crippen molar-refractivity contribution in [1.82, 2.24) is 19.7 Å². The van der Waals surface area contributed by atoms with Crippen LogP contribution >= 0.6 is 34.9 Å². The number of carbonyl (C=O) groups is 1. The van der Waals surface area contributed by atoms with Crippen molar-refractivity contribution < 1.29 is 4.79 Å². The maximum atomic E-state index is 12.1. The first kappa shape index (κ1) is 18.0. The van der Waals surface area contributed by atoms with Crippen LogP contribution in [-0.4, -0.2) is 30.8 Å². The van der Waals surface area contributed by atoms with Gasteiger partial charge in [-0.15, -0.1) is 21.5 Å². The zero-order valence-electron chi connectivity index (χ0n) is 14.6. The van der Waals surface area contributed by atoms with Crippen LogP contribution in [0.5, 0.6) is 0 Å². The molecule has 0 bridgehead atoms. The monoisotopic (exact) mass is 404 g/mol. The number of hydrogen-bond donors (Lipinski definition) is 0. The molecule has 4 rings (SSSR count). The lowest BCUT2D eigenvalue weighted by Crippen LogP contribution is -2.22. The van der Waals surface area contributed by atoms with Gasteiger partial charge in [0.25, 0.3) is 0 Å². The van der Waals surface area contributed by atoms with Gasteiger partial charge in [0.05, 0.1) is 21.2 Å². The number of fused-ring (bicyclic) bond motifs is 1. The third-order valence-electron chi connectivity index (χ3n) is 4.45. The number of carbonyl (C=O) groups excluding carboxylic acids is 1. The van der Waals surface area contributed by atoms with Gasteiger partial charge in [-0.05, 0) is 31.9 Å². The van der Waals surface area contributed by atoms with Gasteiger partial charge in [0.15, 0.2) is 9.50 Å². The lowest BCUT2D eigenvalue weighted by Gasteiger charge is -2.19. The molecule has 0 saturated heterocycles. The molecule has 26 heavy (non-hydrogen) atoms. The van der Waals surface area contributed by atoms with E-state index in [0.29, 0.717) is 12.2 Å². The molecule has 0 spiro atoms. The van der Waals surface area contributed by atoms with E-state index < -0.39 is 0 Å². The van der Waals surface area contributed by atoms with Crippen LogP contribution in [0.2, 0.25) is 0 Å². The summed E-state index contributed by atoms with van der Waals surface area (Å²) in [5, 5.41) is 9.66. The summed E-state index contributed by atoms with van der Waals surface area (Å²) >= 11 is 4.99. The summed E-state index contributed by atoms with van der Waals surface area (Å²) in [6.07, 6.45) is 3.82. The van der Waals surface area contributed by atoms with E-state index in [2.05, 4.69) is 32.7 Å². The van der Waals surface area contributed by atoms with Gasteiger partial charge < -0.3 is 4.57 Å². The summed E-state index contributed by atoms with van der Waals surface area (Å²) in [6, 6.07) is 8.20. The average molecular weight is 405 g/mol.